The second-order valence-corrected chi connectivity index (χ2v) is 6.28. The van der Waals surface area contributed by atoms with Crippen molar-refractivity contribution in [3.8, 4) is 16.2 Å². The molecule has 20 heavy (non-hydrogen) atoms. The third-order valence-electron chi connectivity index (χ3n) is 3.02. The Morgan fingerprint density at radius 1 is 1.15 bits per heavy atom. The Labute approximate surface area is 125 Å². The van der Waals surface area contributed by atoms with E-state index in [-0.39, 0.29) is 6.04 Å². The Hall–Kier alpha value is -1.36. The van der Waals surface area contributed by atoms with Gasteiger partial charge in [-0.2, -0.15) is 0 Å². The van der Waals surface area contributed by atoms with Crippen LogP contribution >= 0.6 is 11.3 Å². The van der Waals surface area contributed by atoms with Crippen LogP contribution in [-0.4, -0.2) is 32.1 Å². The first kappa shape index (κ1) is 15.0. The number of nitrogens with two attached hydrogens (primary N) is 1. The first-order valence-electron chi connectivity index (χ1n) is 6.79. The number of rotatable bonds is 6. The van der Waals surface area contributed by atoms with Gasteiger partial charge >= 0.3 is 0 Å². The highest BCUT2D eigenvalue weighted by Gasteiger charge is 2.06. The zero-order valence-electron chi connectivity index (χ0n) is 12.3. The highest BCUT2D eigenvalue weighted by Crippen LogP contribution is 2.31. The molecule has 0 bridgehead atoms. The Balaban J connectivity index is 2.00. The van der Waals surface area contributed by atoms with Crippen LogP contribution in [0.4, 0.5) is 0 Å². The Morgan fingerprint density at radius 3 is 2.40 bits per heavy atom. The molecule has 0 radical (unpaired) electrons. The van der Waals surface area contributed by atoms with E-state index in [9.17, 15) is 0 Å². The van der Waals surface area contributed by atoms with E-state index in [1.54, 1.807) is 11.3 Å². The third-order valence-corrected chi connectivity index (χ3v) is 4.36. The van der Waals surface area contributed by atoms with Crippen molar-refractivity contribution in [3.63, 3.8) is 0 Å². The topological polar surface area (TPSA) is 38.5 Å². The predicted molar refractivity (Wildman–Crippen MR) is 86.4 cm³/mol. The fourth-order valence-electron chi connectivity index (χ4n) is 1.81. The van der Waals surface area contributed by atoms with Gasteiger partial charge in [0.15, 0.2) is 0 Å². The lowest BCUT2D eigenvalue weighted by atomic mass is 10.2. The van der Waals surface area contributed by atoms with Crippen molar-refractivity contribution in [1.82, 2.24) is 4.90 Å². The highest BCUT2D eigenvalue weighted by molar-refractivity contribution is 7.15. The summed E-state index contributed by atoms with van der Waals surface area (Å²) in [6.07, 6.45) is 0. The minimum atomic E-state index is 0.0994. The number of benzene rings is 1. The molecule has 1 heterocycles. The normalized spacial score (nSPS) is 12.7. The second-order valence-electron chi connectivity index (χ2n) is 5.17. The number of ether oxygens (including phenoxy) is 1. The van der Waals surface area contributed by atoms with Crippen LogP contribution in [-0.2, 0) is 0 Å². The summed E-state index contributed by atoms with van der Waals surface area (Å²) in [5.74, 6) is 0.916. The third kappa shape index (κ3) is 4.07. The molecule has 0 aliphatic rings. The average molecular weight is 290 g/mol. The Kier molecular flexibility index (Phi) is 5.17. The standard InChI is InChI=1S/C16H22N2OS/c1-12(17)15-8-9-16(20-15)13-4-6-14(7-5-13)19-11-10-18(2)3/h4-9,12H,10-11,17H2,1-3H3. The van der Waals surface area contributed by atoms with Crippen LogP contribution < -0.4 is 10.5 Å². The van der Waals surface area contributed by atoms with E-state index < -0.39 is 0 Å². The molecule has 0 aliphatic carbocycles. The van der Waals surface area contributed by atoms with Gasteiger partial charge in [-0.1, -0.05) is 0 Å². The van der Waals surface area contributed by atoms with E-state index in [1.165, 1.54) is 15.3 Å². The number of nitrogens with zero attached hydrogens (tertiary/aromatic N) is 1. The molecule has 0 saturated carbocycles. The molecule has 1 aromatic heterocycles. The molecule has 3 nitrogen and oxygen atoms in total. The predicted octanol–water partition coefficient (Wildman–Crippen LogP) is 3.38. The lowest BCUT2D eigenvalue weighted by Gasteiger charge is -2.11. The van der Waals surface area contributed by atoms with Gasteiger partial charge in [0, 0.05) is 22.3 Å². The summed E-state index contributed by atoms with van der Waals surface area (Å²) in [6.45, 7) is 3.64. The van der Waals surface area contributed by atoms with Crippen LogP contribution in [0.25, 0.3) is 10.4 Å². The largest absolute Gasteiger partial charge is 0.492 e. The molecule has 0 spiro atoms. The van der Waals surface area contributed by atoms with Crippen molar-refractivity contribution < 1.29 is 4.74 Å². The molecule has 2 N–H and O–H groups in total. The van der Waals surface area contributed by atoms with Crippen LogP contribution in [0.1, 0.15) is 17.8 Å². The molecule has 1 unspecified atom stereocenters. The summed E-state index contributed by atoms with van der Waals surface area (Å²) >= 11 is 1.75. The summed E-state index contributed by atoms with van der Waals surface area (Å²) in [5, 5.41) is 0. The van der Waals surface area contributed by atoms with Crippen molar-refractivity contribution in [1.29, 1.82) is 0 Å². The molecular formula is C16H22N2OS. The highest BCUT2D eigenvalue weighted by atomic mass is 32.1. The minimum Gasteiger partial charge on any atom is -0.492 e. The molecular weight excluding hydrogens is 268 g/mol. The van der Waals surface area contributed by atoms with Crippen molar-refractivity contribution in [2.75, 3.05) is 27.2 Å². The average Bonchev–Trinajstić information content (AvgIpc) is 2.89. The van der Waals surface area contributed by atoms with E-state index in [1.807, 2.05) is 33.2 Å². The Bertz CT molecular complexity index is 532. The molecule has 2 rings (SSSR count). The fourth-order valence-corrected chi connectivity index (χ4v) is 2.78. The van der Waals surface area contributed by atoms with Gasteiger partial charge in [-0.3, -0.25) is 0 Å². The maximum Gasteiger partial charge on any atom is 0.119 e. The van der Waals surface area contributed by atoms with Gasteiger partial charge in [-0.05, 0) is 63.0 Å². The molecule has 0 amide bonds. The monoisotopic (exact) mass is 290 g/mol. The SMILES string of the molecule is CC(N)c1ccc(-c2ccc(OCCN(C)C)cc2)s1. The van der Waals surface area contributed by atoms with Gasteiger partial charge in [0.25, 0.3) is 0 Å². The summed E-state index contributed by atoms with van der Waals surface area (Å²) < 4.78 is 5.69. The zero-order chi connectivity index (χ0) is 14.5. The van der Waals surface area contributed by atoms with Gasteiger partial charge in [-0.25, -0.2) is 0 Å². The van der Waals surface area contributed by atoms with E-state index in [2.05, 4.69) is 29.2 Å². The van der Waals surface area contributed by atoms with E-state index in [0.717, 1.165) is 12.3 Å². The summed E-state index contributed by atoms with van der Waals surface area (Å²) in [7, 11) is 4.08. The number of hydrogen-bond donors (Lipinski definition) is 1. The first-order valence-corrected chi connectivity index (χ1v) is 7.61. The van der Waals surface area contributed by atoms with Gasteiger partial charge in [0.1, 0.15) is 12.4 Å². The maximum atomic E-state index is 5.89. The fraction of sp³-hybridized carbons (Fsp3) is 0.375. The van der Waals surface area contributed by atoms with Crippen LogP contribution in [0.3, 0.4) is 0 Å². The Morgan fingerprint density at radius 2 is 1.85 bits per heavy atom. The summed E-state index contributed by atoms with van der Waals surface area (Å²) in [6, 6.07) is 12.6. The van der Waals surface area contributed by atoms with E-state index >= 15 is 0 Å². The smallest absolute Gasteiger partial charge is 0.119 e. The van der Waals surface area contributed by atoms with E-state index in [4.69, 9.17) is 10.5 Å². The van der Waals surface area contributed by atoms with Crippen LogP contribution in [0, 0.1) is 0 Å². The van der Waals surface area contributed by atoms with Crippen LogP contribution in [0.5, 0.6) is 5.75 Å². The summed E-state index contributed by atoms with van der Waals surface area (Å²) in [5.41, 5.74) is 7.10. The minimum absolute atomic E-state index is 0.0994. The number of likely N-dealkylation sites (N-methyl/N-ethyl adjacent to an activating group) is 1. The molecule has 1 atom stereocenters. The van der Waals surface area contributed by atoms with Gasteiger partial charge in [-0.15, -0.1) is 11.3 Å². The zero-order valence-corrected chi connectivity index (χ0v) is 13.1. The second kappa shape index (κ2) is 6.88. The van der Waals surface area contributed by atoms with Crippen molar-refractivity contribution >= 4 is 11.3 Å². The van der Waals surface area contributed by atoms with Crippen molar-refractivity contribution in [2.45, 2.75) is 13.0 Å². The van der Waals surface area contributed by atoms with Crippen molar-refractivity contribution in [3.05, 3.63) is 41.3 Å². The summed E-state index contributed by atoms with van der Waals surface area (Å²) in [4.78, 5) is 4.57. The molecule has 0 saturated heterocycles. The van der Waals surface area contributed by atoms with Gasteiger partial charge in [0.05, 0.1) is 0 Å². The van der Waals surface area contributed by atoms with Gasteiger partial charge < -0.3 is 15.4 Å². The van der Waals surface area contributed by atoms with Gasteiger partial charge in [0.2, 0.25) is 0 Å². The molecule has 1 aromatic carbocycles. The lowest BCUT2D eigenvalue weighted by Crippen LogP contribution is -2.19. The number of hydrogen-bond acceptors (Lipinski definition) is 4. The molecule has 0 aliphatic heterocycles. The maximum absolute atomic E-state index is 5.89. The van der Waals surface area contributed by atoms with Crippen molar-refractivity contribution in [2.24, 2.45) is 5.73 Å². The van der Waals surface area contributed by atoms with Crippen LogP contribution in [0.2, 0.25) is 0 Å². The molecule has 4 heteroatoms. The number of thiophene rings is 1. The lowest BCUT2D eigenvalue weighted by molar-refractivity contribution is 0.261. The quantitative estimate of drug-likeness (QED) is 0.886. The van der Waals surface area contributed by atoms with Crippen LogP contribution in [0.15, 0.2) is 36.4 Å². The molecule has 108 valence electrons. The molecule has 0 fully saturated rings. The first-order chi connectivity index (χ1) is 9.56. The molecule has 2 aromatic rings. The van der Waals surface area contributed by atoms with E-state index in [0.29, 0.717) is 6.61 Å².